The first-order chi connectivity index (χ1) is 14.5. The molecule has 168 valence electrons. The van der Waals surface area contributed by atoms with Gasteiger partial charge in [-0.2, -0.15) is 4.98 Å². The Morgan fingerprint density at radius 3 is 2.58 bits per heavy atom. The van der Waals surface area contributed by atoms with E-state index in [2.05, 4.69) is 37.7 Å². The van der Waals surface area contributed by atoms with E-state index in [-0.39, 0.29) is 29.9 Å². The molecule has 0 spiro atoms. The third-order valence-electron chi connectivity index (χ3n) is 4.45. The number of hydrogen-bond acceptors (Lipinski definition) is 6. The number of halogens is 1. The van der Waals surface area contributed by atoms with E-state index >= 15 is 0 Å². The molecule has 0 unspecified atom stereocenters. The summed E-state index contributed by atoms with van der Waals surface area (Å²) < 4.78 is 10.9. The molecule has 0 amide bonds. The Bertz CT molecular complexity index is 949. The van der Waals surface area contributed by atoms with E-state index in [4.69, 9.17) is 8.94 Å². The van der Waals surface area contributed by atoms with Crippen molar-refractivity contribution in [1.29, 1.82) is 0 Å². The summed E-state index contributed by atoms with van der Waals surface area (Å²) in [6.07, 6.45) is 3.26. The molecule has 0 aliphatic heterocycles. The van der Waals surface area contributed by atoms with Gasteiger partial charge in [0.1, 0.15) is 12.0 Å². The molecule has 1 aromatic carbocycles. The summed E-state index contributed by atoms with van der Waals surface area (Å²) in [5, 5.41) is 10.6. The van der Waals surface area contributed by atoms with Crippen LogP contribution >= 0.6 is 24.0 Å². The van der Waals surface area contributed by atoms with Crippen molar-refractivity contribution in [1.82, 2.24) is 25.8 Å². The smallest absolute Gasteiger partial charge is 0.226 e. The Morgan fingerprint density at radius 1 is 1.13 bits per heavy atom. The highest BCUT2D eigenvalue weighted by molar-refractivity contribution is 14.0. The number of nitrogens with zero attached hydrogens (tertiary/aromatic N) is 4. The van der Waals surface area contributed by atoms with Gasteiger partial charge in [0.25, 0.3) is 0 Å². The maximum Gasteiger partial charge on any atom is 0.226 e. The van der Waals surface area contributed by atoms with E-state index in [0.717, 1.165) is 49.0 Å². The lowest BCUT2D eigenvalue weighted by Gasteiger charge is -2.10. The SMILES string of the molecule is CCNC(=NCc1coc(-c2ccc(C)cc2)n1)NCCCc1nc(C(C)C)no1.I. The van der Waals surface area contributed by atoms with Crippen LogP contribution in [0.3, 0.4) is 0 Å². The molecule has 2 heterocycles. The summed E-state index contributed by atoms with van der Waals surface area (Å²) in [6.45, 7) is 10.2. The number of benzene rings is 1. The second kappa shape index (κ2) is 12.4. The van der Waals surface area contributed by atoms with Crippen molar-refractivity contribution in [2.24, 2.45) is 4.99 Å². The Kier molecular flexibility index (Phi) is 9.96. The number of guanidine groups is 1. The Labute approximate surface area is 200 Å². The van der Waals surface area contributed by atoms with Gasteiger partial charge in [-0.3, -0.25) is 0 Å². The molecular weight excluding hydrogens is 507 g/mol. The van der Waals surface area contributed by atoms with Crippen LogP contribution in [-0.4, -0.2) is 34.2 Å². The highest BCUT2D eigenvalue weighted by atomic mass is 127. The van der Waals surface area contributed by atoms with Gasteiger partial charge in [-0.25, -0.2) is 9.98 Å². The number of oxazole rings is 1. The maximum absolute atomic E-state index is 5.60. The predicted molar refractivity (Wildman–Crippen MR) is 132 cm³/mol. The molecule has 0 aliphatic carbocycles. The fourth-order valence-corrected chi connectivity index (χ4v) is 2.76. The molecule has 3 rings (SSSR count). The van der Waals surface area contributed by atoms with Gasteiger partial charge in [0.05, 0.1) is 6.54 Å². The van der Waals surface area contributed by atoms with Crippen molar-refractivity contribution < 1.29 is 8.94 Å². The summed E-state index contributed by atoms with van der Waals surface area (Å²) in [4.78, 5) is 13.5. The normalized spacial score (nSPS) is 11.5. The number of aliphatic imine (C=N–C) groups is 1. The summed E-state index contributed by atoms with van der Waals surface area (Å²) >= 11 is 0. The topological polar surface area (TPSA) is 101 Å². The van der Waals surface area contributed by atoms with Crippen LogP contribution in [-0.2, 0) is 13.0 Å². The maximum atomic E-state index is 5.60. The molecule has 0 saturated heterocycles. The molecule has 2 aromatic heterocycles. The summed E-state index contributed by atoms with van der Waals surface area (Å²) in [5.74, 6) is 3.06. The number of aromatic nitrogens is 3. The Hall–Kier alpha value is -2.43. The predicted octanol–water partition coefficient (Wildman–Crippen LogP) is 4.46. The largest absolute Gasteiger partial charge is 0.444 e. The molecule has 0 fully saturated rings. The monoisotopic (exact) mass is 538 g/mol. The van der Waals surface area contributed by atoms with Crippen molar-refractivity contribution in [2.45, 2.75) is 53.0 Å². The fourth-order valence-electron chi connectivity index (χ4n) is 2.76. The molecule has 31 heavy (non-hydrogen) atoms. The average molecular weight is 538 g/mol. The van der Waals surface area contributed by atoms with Crippen molar-refractivity contribution in [2.75, 3.05) is 13.1 Å². The van der Waals surface area contributed by atoms with Gasteiger partial charge in [0.2, 0.25) is 11.8 Å². The van der Waals surface area contributed by atoms with Gasteiger partial charge in [0.15, 0.2) is 11.8 Å². The van der Waals surface area contributed by atoms with E-state index in [1.807, 2.05) is 45.0 Å². The second-order valence-corrected chi connectivity index (χ2v) is 7.44. The van der Waals surface area contributed by atoms with Crippen LogP contribution in [0, 0.1) is 6.92 Å². The van der Waals surface area contributed by atoms with Gasteiger partial charge in [-0.05, 0) is 32.4 Å². The fraction of sp³-hybridized carbons (Fsp3) is 0.455. The molecule has 0 radical (unpaired) electrons. The Balaban J connectivity index is 0.00000341. The summed E-state index contributed by atoms with van der Waals surface area (Å²) in [7, 11) is 0. The minimum atomic E-state index is 0. The van der Waals surface area contributed by atoms with Crippen LogP contribution in [0.5, 0.6) is 0 Å². The van der Waals surface area contributed by atoms with Crippen molar-refractivity contribution in [3.8, 4) is 11.5 Å². The van der Waals surface area contributed by atoms with Crippen LogP contribution < -0.4 is 10.6 Å². The van der Waals surface area contributed by atoms with E-state index in [1.54, 1.807) is 6.26 Å². The molecule has 0 atom stereocenters. The lowest BCUT2D eigenvalue weighted by Crippen LogP contribution is -2.37. The zero-order valence-corrected chi connectivity index (χ0v) is 20.8. The summed E-state index contributed by atoms with van der Waals surface area (Å²) in [6, 6.07) is 8.10. The number of hydrogen-bond donors (Lipinski definition) is 2. The molecule has 3 aromatic rings. The van der Waals surface area contributed by atoms with E-state index in [0.29, 0.717) is 18.3 Å². The Morgan fingerprint density at radius 2 is 1.90 bits per heavy atom. The summed E-state index contributed by atoms with van der Waals surface area (Å²) in [5.41, 5.74) is 2.95. The van der Waals surface area contributed by atoms with E-state index in [9.17, 15) is 0 Å². The van der Waals surface area contributed by atoms with Crippen LogP contribution in [0.2, 0.25) is 0 Å². The second-order valence-electron chi connectivity index (χ2n) is 7.44. The minimum absolute atomic E-state index is 0. The third-order valence-corrected chi connectivity index (χ3v) is 4.45. The highest BCUT2D eigenvalue weighted by Gasteiger charge is 2.10. The van der Waals surface area contributed by atoms with Gasteiger partial charge < -0.3 is 19.6 Å². The molecule has 0 saturated carbocycles. The van der Waals surface area contributed by atoms with E-state index < -0.39 is 0 Å². The minimum Gasteiger partial charge on any atom is -0.444 e. The lowest BCUT2D eigenvalue weighted by atomic mass is 10.1. The quantitative estimate of drug-likeness (QED) is 0.180. The van der Waals surface area contributed by atoms with E-state index in [1.165, 1.54) is 5.56 Å². The zero-order chi connectivity index (χ0) is 21.3. The van der Waals surface area contributed by atoms with Crippen LogP contribution in [0.15, 0.2) is 44.5 Å². The zero-order valence-electron chi connectivity index (χ0n) is 18.5. The molecule has 8 nitrogen and oxygen atoms in total. The van der Waals surface area contributed by atoms with Gasteiger partial charge >= 0.3 is 0 Å². The molecule has 9 heteroatoms. The number of rotatable bonds is 9. The van der Waals surface area contributed by atoms with Crippen LogP contribution in [0.25, 0.3) is 11.5 Å². The average Bonchev–Trinajstić information content (AvgIpc) is 3.40. The van der Waals surface area contributed by atoms with Crippen molar-refractivity contribution in [3.63, 3.8) is 0 Å². The number of aryl methyl sites for hydroxylation is 2. The van der Waals surface area contributed by atoms with Crippen molar-refractivity contribution >= 4 is 29.9 Å². The molecular formula is C22H31IN6O2. The van der Waals surface area contributed by atoms with Crippen molar-refractivity contribution in [3.05, 3.63) is 53.5 Å². The molecule has 0 aliphatic rings. The highest BCUT2D eigenvalue weighted by Crippen LogP contribution is 2.19. The van der Waals surface area contributed by atoms with Crippen LogP contribution in [0.1, 0.15) is 56.1 Å². The van der Waals surface area contributed by atoms with Gasteiger partial charge in [-0.15, -0.1) is 24.0 Å². The first-order valence-corrected chi connectivity index (χ1v) is 10.4. The first kappa shape index (κ1) is 24.8. The molecule has 2 N–H and O–H groups in total. The first-order valence-electron chi connectivity index (χ1n) is 10.4. The third kappa shape index (κ3) is 7.64. The standard InChI is InChI=1S/C22H30N6O2.HI/c1-5-23-22(24-12-6-7-19-27-20(15(2)3)28-30-19)25-13-18-14-29-21(26-18)17-10-8-16(4)9-11-17;/h8-11,14-15H,5-7,12-13H2,1-4H3,(H2,23,24,25);1H. The lowest BCUT2D eigenvalue weighted by molar-refractivity contribution is 0.368. The van der Waals surface area contributed by atoms with Crippen LogP contribution in [0.4, 0.5) is 0 Å². The number of nitrogens with one attached hydrogen (secondary N) is 2. The van der Waals surface area contributed by atoms with Gasteiger partial charge in [0, 0.05) is 31.0 Å². The van der Waals surface area contributed by atoms with Gasteiger partial charge in [-0.1, -0.05) is 36.7 Å². The molecule has 0 bridgehead atoms.